The molecule has 3 unspecified atom stereocenters. The van der Waals surface area contributed by atoms with Crippen LogP contribution in [-0.4, -0.2) is 59.6 Å². The zero-order valence-corrected chi connectivity index (χ0v) is 10.3. The Kier molecular flexibility index (Phi) is 4.49. The zero-order valence-electron chi connectivity index (χ0n) is 8.86. The molecule has 1 aliphatic rings. The monoisotopic (exact) mass is 222 g/mol. The van der Waals surface area contributed by atoms with E-state index in [1.807, 2.05) is 6.92 Å². The predicted molar refractivity (Wildman–Crippen MR) is 52.7 cm³/mol. The average molecular weight is 222 g/mol. The molecular formula is C8H18O5Si. The third kappa shape index (κ3) is 2.75. The minimum absolute atomic E-state index is 0.161. The van der Waals surface area contributed by atoms with E-state index in [4.69, 9.17) is 18.9 Å². The van der Waals surface area contributed by atoms with Crippen molar-refractivity contribution in [3.05, 3.63) is 0 Å². The van der Waals surface area contributed by atoms with Crippen LogP contribution in [0.1, 0.15) is 6.92 Å². The largest absolute Gasteiger partial charge is 0.432 e. The summed E-state index contributed by atoms with van der Waals surface area (Å²) in [6.45, 7) is 3.00. The second kappa shape index (κ2) is 5.20. The summed E-state index contributed by atoms with van der Waals surface area (Å²) < 4.78 is 20.9. The number of methoxy groups -OCH3 is 2. The summed E-state index contributed by atoms with van der Waals surface area (Å²) in [6, 6.07) is 0. The van der Waals surface area contributed by atoms with E-state index in [2.05, 4.69) is 0 Å². The maximum absolute atomic E-state index is 9.38. The van der Waals surface area contributed by atoms with Crippen molar-refractivity contribution < 1.29 is 23.7 Å². The lowest BCUT2D eigenvalue weighted by molar-refractivity contribution is -0.225. The van der Waals surface area contributed by atoms with Gasteiger partial charge in [0.15, 0.2) is 5.41 Å². The maximum atomic E-state index is 9.38. The second-order valence-electron chi connectivity index (χ2n) is 3.32. The normalized spacial score (nSPS) is 27.9. The molecule has 0 aromatic carbocycles. The van der Waals surface area contributed by atoms with E-state index in [9.17, 15) is 4.80 Å². The van der Waals surface area contributed by atoms with Gasteiger partial charge in [0.05, 0.1) is 13.2 Å². The molecule has 1 N–H and O–H groups in total. The van der Waals surface area contributed by atoms with Gasteiger partial charge in [-0.3, -0.25) is 0 Å². The summed E-state index contributed by atoms with van der Waals surface area (Å²) in [5, 5.41) is 0. The molecule has 0 bridgehead atoms. The molecular weight excluding hydrogens is 204 g/mol. The van der Waals surface area contributed by atoms with Gasteiger partial charge in [0.25, 0.3) is 0 Å². The van der Waals surface area contributed by atoms with Gasteiger partial charge >= 0.3 is 0 Å². The minimum atomic E-state index is -1.48. The summed E-state index contributed by atoms with van der Waals surface area (Å²) in [7, 11) is 1.61. The number of rotatable bonds is 7. The molecule has 1 saturated heterocycles. The van der Waals surface area contributed by atoms with Crippen molar-refractivity contribution in [1.29, 1.82) is 0 Å². The summed E-state index contributed by atoms with van der Waals surface area (Å²) in [6.07, 6.45) is -0.114. The van der Waals surface area contributed by atoms with Crippen LogP contribution in [0.25, 0.3) is 0 Å². The Morgan fingerprint density at radius 1 is 1.64 bits per heavy atom. The molecule has 1 heterocycles. The Morgan fingerprint density at radius 2 is 2.29 bits per heavy atom. The summed E-state index contributed by atoms with van der Waals surface area (Å²) in [5.41, 5.74) is -0.944. The van der Waals surface area contributed by atoms with Gasteiger partial charge in [0.2, 0.25) is 9.76 Å². The van der Waals surface area contributed by atoms with Gasteiger partial charge in [-0.15, -0.1) is 0 Å². The molecule has 3 atom stereocenters. The van der Waals surface area contributed by atoms with Crippen LogP contribution >= 0.6 is 0 Å². The molecule has 0 radical (unpaired) electrons. The van der Waals surface area contributed by atoms with Gasteiger partial charge in [0.1, 0.15) is 12.2 Å². The Bertz CT molecular complexity index is 169. The molecule has 0 spiro atoms. The molecule has 1 fully saturated rings. The van der Waals surface area contributed by atoms with E-state index in [0.29, 0.717) is 6.61 Å². The van der Waals surface area contributed by atoms with Gasteiger partial charge < -0.3 is 23.7 Å². The quantitative estimate of drug-likeness (QED) is 0.333. The van der Waals surface area contributed by atoms with Crippen LogP contribution in [0.4, 0.5) is 0 Å². The van der Waals surface area contributed by atoms with Crippen LogP contribution in [0.15, 0.2) is 0 Å². The second-order valence-corrected chi connectivity index (χ2v) is 4.62. The standard InChI is InChI=1S/C8H18O5Si/c1-6(10-2)8(11-3,14-9)13-5-7-4-12-7/h6-7,9H,4-5,14H2,1-3H3. The van der Waals surface area contributed by atoms with Crippen LogP contribution in [0.2, 0.25) is 0 Å². The molecule has 6 heteroatoms. The summed E-state index contributed by atoms with van der Waals surface area (Å²) >= 11 is 0. The highest BCUT2D eigenvalue weighted by Gasteiger charge is 2.40. The van der Waals surface area contributed by atoms with E-state index in [1.165, 1.54) is 7.11 Å². The first-order valence-electron chi connectivity index (χ1n) is 4.63. The van der Waals surface area contributed by atoms with Crippen molar-refractivity contribution in [2.45, 2.75) is 24.5 Å². The van der Waals surface area contributed by atoms with E-state index in [1.54, 1.807) is 7.11 Å². The molecule has 1 rings (SSSR count). The smallest absolute Gasteiger partial charge is 0.226 e. The van der Waals surface area contributed by atoms with Crippen LogP contribution in [0.3, 0.4) is 0 Å². The van der Waals surface area contributed by atoms with E-state index >= 15 is 0 Å². The number of hydrogen-bond donors (Lipinski definition) is 1. The van der Waals surface area contributed by atoms with Crippen molar-refractivity contribution in [3.8, 4) is 0 Å². The van der Waals surface area contributed by atoms with Gasteiger partial charge in [-0.25, -0.2) is 0 Å². The minimum Gasteiger partial charge on any atom is -0.432 e. The van der Waals surface area contributed by atoms with Gasteiger partial charge in [-0.1, -0.05) is 0 Å². The predicted octanol–water partition coefficient (Wildman–Crippen LogP) is -1.19. The van der Waals surface area contributed by atoms with Gasteiger partial charge in [-0.2, -0.15) is 0 Å². The average Bonchev–Trinajstić information content (AvgIpc) is 3.03. The fraction of sp³-hybridized carbons (Fsp3) is 1.00. The Labute approximate surface area is 86.2 Å². The fourth-order valence-electron chi connectivity index (χ4n) is 1.16. The van der Waals surface area contributed by atoms with E-state index in [0.717, 1.165) is 6.61 Å². The van der Waals surface area contributed by atoms with Crippen molar-refractivity contribution >= 4 is 9.76 Å². The van der Waals surface area contributed by atoms with Crippen molar-refractivity contribution in [2.24, 2.45) is 0 Å². The van der Waals surface area contributed by atoms with Crippen molar-refractivity contribution in [1.82, 2.24) is 0 Å². The van der Waals surface area contributed by atoms with Gasteiger partial charge in [-0.05, 0) is 6.92 Å². The third-order valence-electron chi connectivity index (χ3n) is 2.45. The SMILES string of the molecule is COC(C)C(OC)(OCC1CO1)[SiH2]O. The summed E-state index contributed by atoms with van der Waals surface area (Å²) in [4.78, 5) is 9.38. The van der Waals surface area contributed by atoms with Gasteiger partial charge in [0, 0.05) is 14.2 Å². The first kappa shape index (κ1) is 12.1. The molecule has 0 amide bonds. The molecule has 0 aliphatic carbocycles. The lowest BCUT2D eigenvalue weighted by Gasteiger charge is -2.34. The Morgan fingerprint density at radius 3 is 2.64 bits per heavy atom. The third-order valence-corrected chi connectivity index (χ3v) is 3.96. The topological polar surface area (TPSA) is 60.5 Å². The van der Waals surface area contributed by atoms with Crippen molar-refractivity contribution in [3.63, 3.8) is 0 Å². The lowest BCUT2D eigenvalue weighted by atomic mass is 10.4. The first-order valence-corrected chi connectivity index (χ1v) is 5.97. The maximum Gasteiger partial charge on any atom is 0.226 e. The Hall–Kier alpha value is 0.0169. The highest BCUT2D eigenvalue weighted by Crippen LogP contribution is 2.20. The van der Waals surface area contributed by atoms with Crippen molar-refractivity contribution in [2.75, 3.05) is 27.4 Å². The molecule has 0 saturated carbocycles. The molecule has 1 aliphatic heterocycles. The number of ether oxygens (including phenoxy) is 4. The molecule has 0 aromatic rings. The molecule has 14 heavy (non-hydrogen) atoms. The summed E-state index contributed by atoms with van der Waals surface area (Å²) in [5.74, 6) is 0. The van der Waals surface area contributed by atoms with Crippen LogP contribution in [0, 0.1) is 0 Å². The first-order chi connectivity index (χ1) is 6.68. The van der Waals surface area contributed by atoms with E-state index in [-0.39, 0.29) is 12.2 Å². The van der Waals surface area contributed by atoms with Crippen LogP contribution in [-0.2, 0) is 18.9 Å². The molecule has 0 aromatic heterocycles. The fourth-order valence-corrected chi connectivity index (χ4v) is 1.92. The zero-order chi connectivity index (χ0) is 10.6. The number of epoxide rings is 1. The highest BCUT2D eigenvalue weighted by atomic mass is 28.2. The molecule has 5 nitrogen and oxygen atoms in total. The highest BCUT2D eigenvalue weighted by molar-refractivity contribution is 6.29. The lowest BCUT2D eigenvalue weighted by Crippen LogP contribution is -2.52. The Balaban J connectivity index is 2.47. The van der Waals surface area contributed by atoms with Crippen LogP contribution < -0.4 is 0 Å². The van der Waals surface area contributed by atoms with Crippen LogP contribution in [0.5, 0.6) is 0 Å². The molecule has 84 valence electrons. The number of hydrogen-bond acceptors (Lipinski definition) is 5. The van der Waals surface area contributed by atoms with E-state index < -0.39 is 15.2 Å².